The van der Waals surface area contributed by atoms with Gasteiger partial charge in [-0.3, -0.25) is 4.79 Å². The largest absolute Gasteiger partial charge is 0.389 e. The molecule has 1 aliphatic heterocycles. The summed E-state index contributed by atoms with van der Waals surface area (Å²) in [5.41, 5.74) is 0.866. The number of aromatic nitrogens is 1. The first-order valence-corrected chi connectivity index (χ1v) is 14.6. The average molecular weight is 555 g/mol. The quantitative estimate of drug-likeness (QED) is 0.324. The van der Waals surface area contributed by atoms with Crippen molar-refractivity contribution in [2.24, 2.45) is 0 Å². The maximum Gasteiger partial charge on any atom is 0.252 e. The lowest BCUT2D eigenvalue weighted by molar-refractivity contribution is -0.0188. The highest BCUT2D eigenvalue weighted by Gasteiger charge is 2.43. The van der Waals surface area contributed by atoms with Crippen molar-refractivity contribution in [3.8, 4) is 0 Å². The zero-order chi connectivity index (χ0) is 27.1. The standard InChI is InChI=1S/C29H28ClFN2O4S/c1-38(36,37)24-10-11-26-20(15-24)16-25(28(34)33-26)27(19-4-6-21(30)7-5-19)29(35)12-13-32-23(17-29)14-18-2-8-22(31)9-3-18/h2-11,15-16,23,27,32,35H,12-14,17H2,1H3,(H,33,34)/t23-,27?,29?/m1/s1. The number of fused-ring (bicyclic) bond motifs is 1. The van der Waals surface area contributed by atoms with Gasteiger partial charge in [-0.15, -0.1) is 0 Å². The van der Waals surface area contributed by atoms with Gasteiger partial charge in [-0.25, -0.2) is 12.8 Å². The lowest BCUT2D eigenvalue weighted by Gasteiger charge is -2.43. The molecule has 3 atom stereocenters. The Balaban J connectivity index is 1.60. The van der Waals surface area contributed by atoms with Crippen molar-refractivity contribution in [3.05, 3.63) is 111 Å². The molecule has 3 aromatic carbocycles. The third-order valence-corrected chi connectivity index (χ3v) is 8.67. The van der Waals surface area contributed by atoms with E-state index >= 15 is 0 Å². The molecule has 9 heteroatoms. The molecule has 6 nitrogen and oxygen atoms in total. The molecular weight excluding hydrogens is 527 g/mol. The molecule has 1 aromatic heterocycles. The summed E-state index contributed by atoms with van der Waals surface area (Å²) >= 11 is 6.15. The maximum atomic E-state index is 13.4. The van der Waals surface area contributed by atoms with Gasteiger partial charge in [0.1, 0.15) is 5.82 Å². The molecule has 1 saturated heterocycles. The van der Waals surface area contributed by atoms with Crippen LogP contribution in [0.3, 0.4) is 0 Å². The van der Waals surface area contributed by atoms with Gasteiger partial charge in [0.2, 0.25) is 0 Å². The van der Waals surface area contributed by atoms with E-state index in [1.54, 1.807) is 48.5 Å². The number of H-pyrrole nitrogens is 1. The number of sulfone groups is 1. The number of aliphatic hydroxyl groups is 1. The van der Waals surface area contributed by atoms with Crippen molar-refractivity contribution in [2.75, 3.05) is 12.8 Å². The number of rotatable bonds is 6. The van der Waals surface area contributed by atoms with E-state index in [1.165, 1.54) is 24.3 Å². The fraction of sp³-hybridized carbons (Fsp3) is 0.276. The Bertz CT molecular complexity index is 1640. The molecule has 4 aromatic rings. The normalized spacial score (nSPS) is 20.9. The number of halogens is 2. The van der Waals surface area contributed by atoms with Crippen molar-refractivity contribution in [1.82, 2.24) is 10.3 Å². The molecule has 5 rings (SSSR count). The summed E-state index contributed by atoms with van der Waals surface area (Å²) in [5, 5.41) is 16.7. The summed E-state index contributed by atoms with van der Waals surface area (Å²) < 4.78 is 37.7. The van der Waals surface area contributed by atoms with Crippen molar-refractivity contribution in [3.63, 3.8) is 0 Å². The Morgan fingerprint density at radius 1 is 1.08 bits per heavy atom. The van der Waals surface area contributed by atoms with Gasteiger partial charge in [-0.05, 0) is 90.9 Å². The summed E-state index contributed by atoms with van der Waals surface area (Å²) in [7, 11) is -3.45. The molecule has 0 aliphatic carbocycles. The number of benzene rings is 3. The van der Waals surface area contributed by atoms with Gasteiger partial charge in [0.25, 0.3) is 5.56 Å². The zero-order valence-electron chi connectivity index (χ0n) is 20.7. The van der Waals surface area contributed by atoms with E-state index in [0.29, 0.717) is 47.3 Å². The van der Waals surface area contributed by atoms with Crippen molar-refractivity contribution < 1.29 is 17.9 Å². The molecule has 0 saturated carbocycles. The molecule has 0 radical (unpaired) electrons. The zero-order valence-corrected chi connectivity index (χ0v) is 22.3. The van der Waals surface area contributed by atoms with Gasteiger partial charge < -0.3 is 15.4 Å². The van der Waals surface area contributed by atoms with Crippen LogP contribution in [0.4, 0.5) is 4.39 Å². The van der Waals surface area contributed by atoms with Crippen molar-refractivity contribution >= 4 is 32.3 Å². The van der Waals surface area contributed by atoms with E-state index in [-0.39, 0.29) is 22.3 Å². The number of hydrogen-bond donors (Lipinski definition) is 3. The second-order valence-electron chi connectivity index (χ2n) is 10.1. The van der Waals surface area contributed by atoms with Crippen molar-refractivity contribution in [2.45, 2.75) is 41.7 Å². The van der Waals surface area contributed by atoms with Crippen LogP contribution in [-0.4, -0.2) is 43.0 Å². The summed E-state index contributed by atoms with van der Waals surface area (Å²) in [6, 6.07) is 19.5. The Kier molecular flexibility index (Phi) is 7.17. The summed E-state index contributed by atoms with van der Waals surface area (Å²) in [4.78, 5) is 16.4. The summed E-state index contributed by atoms with van der Waals surface area (Å²) in [6.45, 7) is 0.524. The van der Waals surface area contributed by atoms with Crippen LogP contribution in [-0.2, 0) is 16.3 Å². The fourth-order valence-electron chi connectivity index (χ4n) is 5.49. The van der Waals surface area contributed by atoms with Gasteiger partial charge >= 0.3 is 0 Å². The number of nitrogens with one attached hydrogen (secondary N) is 2. The first kappa shape index (κ1) is 26.6. The predicted molar refractivity (Wildman–Crippen MR) is 147 cm³/mol. The van der Waals surface area contributed by atoms with Crippen LogP contribution in [0, 0.1) is 5.82 Å². The van der Waals surface area contributed by atoms with Gasteiger partial charge in [-0.2, -0.15) is 0 Å². The molecule has 0 amide bonds. The Hall–Kier alpha value is -3.04. The van der Waals surface area contributed by atoms with Gasteiger partial charge in [0.05, 0.1) is 10.5 Å². The van der Waals surface area contributed by atoms with E-state index in [9.17, 15) is 22.7 Å². The molecule has 0 spiro atoms. The molecule has 198 valence electrons. The van der Waals surface area contributed by atoms with Crippen LogP contribution < -0.4 is 10.9 Å². The maximum absolute atomic E-state index is 13.4. The number of piperidine rings is 1. The Morgan fingerprint density at radius 2 is 1.79 bits per heavy atom. The smallest absolute Gasteiger partial charge is 0.252 e. The number of aromatic amines is 1. The molecule has 2 unspecified atom stereocenters. The lowest BCUT2D eigenvalue weighted by atomic mass is 9.70. The van der Waals surface area contributed by atoms with Crippen LogP contribution in [0.1, 0.15) is 35.4 Å². The van der Waals surface area contributed by atoms with Crippen LogP contribution in [0.25, 0.3) is 10.9 Å². The van der Waals surface area contributed by atoms with Crippen molar-refractivity contribution in [1.29, 1.82) is 0 Å². The number of hydrogen-bond acceptors (Lipinski definition) is 5. The highest BCUT2D eigenvalue weighted by Crippen LogP contribution is 2.41. The summed E-state index contributed by atoms with van der Waals surface area (Å²) in [6.07, 6.45) is 2.46. The third kappa shape index (κ3) is 5.54. The van der Waals surface area contributed by atoms with E-state index in [0.717, 1.165) is 17.4 Å². The topological polar surface area (TPSA) is 99.3 Å². The molecule has 1 fully saturated rings. The van der Waals surface area contributed by atoms with Gasteiger partial charge in [0.15, 0.2) is 9.84 Å². The molecular formula is C29H28ClFN2O4S. The Morgan fingerprint density at radius 3 is 2.47 bits per heavy atom. The first-order valence-electron chi connectivity index (χ1n) is 12.3. The summed E-state index contributed by atoms with van der Waals surface area (Å²) in [5.74, 6) is -1.01. The van der Waals surface area contributed by atoms with E-state index in [4.69, 9.17) is 11.6 Å². The Labute approximate surface area is 225 Å². The minimum absolute atomic E-state index is 0.106. The van der Waals surface area contributed by atoms with Crippen LogP contribution in [0.2, 0.25) is 5.02 Å². The predicted octanol–water partition coefficient (Wildman–Crippen LogP) is 4.58. The van der Waals surface area contributed by atoms with Gasteiger partial charge in [0, 0.05) is 34.3 Å². The molecule has 1 aliphatic rings. The fourth-order valence-corrected chi connectivity index (χ4v) is 6.27. The highest BCUT2D eigenvalue weighted by atomic mass is 35.5. The average Bonchev–Trinajstić information content (AvgIpc) is 2.86. The van der Waals surface area contributed by atoms with E-state index in [1.807, 2.05) is 0 Å². The van der Waals surface area contributed by atoms with E-state index < -0.39 is 21.4 Å². The minimum atomic E-state index is -3.45. The lowest BCUT2D eigenvalue weighted by Crippen LogP contribution is -2.52. The SMILES string of the molecule is CS(=O)(=O)c1ccc2[nH]c(=O)c(C(c3ccc(Cl)cc3)C3(O)CCN[C@H](Cc4ccc(F)cc4)C3)cc2c1. The minimum Gasteiger partial charge on any atom is -0.389 e. The molecule has 3 N–H and O–H groups in total. The highest BCUT2D eigenvalue weighted by molar-refractivity contribution is 7.90. The molecule has 2 heterocycles. The van der Waals surface area contributed by atoms with Crippen LogP contribution in [0.5, 0.6) is 0 Å². The molecule has 0 bridgehead atoms. The van der Waals surface area contributed by atoms with Gasteiger partial charge in [-0.1, -0.05) is 35.9 Å². The monoisotopic (exact) mass is 554 g/mol. The first-order chi connectivity index (χ1) is 18.0. The third-order valence-electron chi connectivity index (χ3n) is 7.31. The molecule has 38 heavy (non-hydrogen) atoms. The van der Waals surface area contributed by atoms with Crippen LogP contribution in [0.15, 0.2) is 82.5 Å². The second-order valence-corrected chi connectivity index (χ2v) is 12.6. The second kappa shape index (κ2) is 10.3. The number of pyridine rings is 1. The van der Waals surface area contributed by atoms with Crippen LogP contribution >= 0.6 is 11.6 Å². The van der Waals surface area contributed by atoms with E-state index in [2.05, 4.69) is 10.3 Å².